The lowest BCUT2D eigenvalue weighted by Crippen LogP contribution is -2.26. The molecule has 0 spiro atoms. The Kier molecular flexibility index (Phi) is 5.18. The molecule has 1 unspecified atom stereocenters. The minimum absolute atomic E-state index is 0.282. The Morgan fingerprint density at radius 3 is 2.62 bits per heavy atom. The zero-order valence-electron chi connectivity index (χ0n) is 15.1. The summed E-state index contributed by atoms with van der Waals surface area (Å²) < 4.78 is 0. The maximum absolute atomic E-state index is 6.20. The number of nitrogens with zero attached hydrogens (tertiary/aromatic N) is 2. The van der Waals surface area contributed by atoms with Crippen molar-refractivity contribution < 1.29 is 0 Å². The van der Waals surface area contributed by atoms with E-state index in [4.69, 9.17) is 21.6 Å². The zero-order valence-corrected chi connectivity index (χ0v) is 15.8. The molecule has 0 saturated heterocycles. The van der Waals surface area contributed by atoms with Gasteiger partial charge in [-0.15, -0.1) is 0 Å². The van der Waals surface area contributed by atoms with Crippen LogP contribution in [0, 0.1) is 5.92 Å². The van der Waals surface area contributed by atoms with Crippen LogP contribution in [-0.4, -0.2) is 16.5 Å². The fraction of sp³-hybridized carbons (Fsp3) is 0.364. The van der Waals surface area contributed by atoms with E-state index in [1.165, 1.54) is 18.4 Å². The smallest absolute Gasteiger partial charge is 0.0905 e. The molecule has 1 aliphatic rings. The summed E-state index contributed by atoms with van der Waals surface area (Å²) in [7, 11) is 0. The summed E-state index contributed by atoms with van der Waals surface area (Å²) in [4.78, 5) is 10.0. The molecule has 1 aromatic heterocycles. The van der Waals surface area contributed by atoms with Crippen molar-refractivity contribution >= 4 is 22.6 Å². The standard InChI is InChI=1S/C22H24ClN3/c1-2-12-24-21(16-8-9-16)22-20(13-15-6-4-3-5-7-15)25-18-11-10-17(23)14-19(18)26-22/h3-7,10-11,14,16,21,24H,2,8-9,12-13H2,1H3. The molecular formula is C22H24ClN3. The van der Waals surface area contributed by atoms with Crippen LogP contribution in [0.4, 0.5) is 0 Å². The first-order valence-electron chi connectivity index (χ1n) is 9.48. The third-order valence-electron chi connectivity index (χ3n) is 4.95. The fourth-order valence-electron chi connectivity index (χ4n) is 3.46. The van der Waals surface area contributed by atoms with Crippen LogP contribution in [0.5, 0.6) is 0 Å². The van der Waals surface area contributed by atoms with Gasteiger partial charge in [0.05, 0.1) is 28.5 Å². The van der Waals surface area contributed by atoms with Crippen molar-refractivity contribution in [3.63, 3.8) is 0 Å². The molecule has 1 fully saturated rings. The van der Waals surface area contributed by atoms with Gasteiger partial charge in [0.15, 0.2) is 0 Å². The first-order valence-corrected chi connectivity index (χ1v) is 9.86. The van der Waals surface area contributed by atoms with Gasteiger partial charge in [-0.2, -0.15) is 0 Å². The molecule has 4 rings (SSSR count). The van der Waals surface area contributed by atoms with Gasteiger partial charge >= 0.3 is 0 Å². The van der Waals surface area contributed by atoms with Crippen molar-refractivity contribution in [1.29, 1.82) is 0 Å². The van der Waals surface area contributed by atoms with E-state index in [1.54, 1.807) is 0 Å². The Morgan fingerprint density at radius 2 is 1.88 bits per heavy atom. The van der Waals surface area contributed by atoms with Crippen LogP contribution in [0.2, 0.25) is 5.02 Å². The van der Waals surface area contributed by atoms with Crippen molar-refractivity contribution in [2.45, 2.75) is 38.6 Å². The number of hydrogen-bond donors (Lipinski definition) is 1. The number of aromatic nitrogens is 2. The van der Waals surface area contributed by atoms with Crippen LogP contribution < -0.4 is 5.32 Å². The van der Waals surface area contributed by atoms with Crippen molar-refractivity contribution in [3.8, 4) is 0 Å². The number of hydrogen-bond acceptors (Lipinski definition) is 3. The molecular weight excluding hydrogens is 342 g/mol. The monoisotopic (exact) mass is 365 g/mol. The number of fused-ring (bicyclic) bond motifs is 1. The van der Waals surface area contributed by atoms with E-state index in [0.29, 0.717) is 10.9 Å². The Morgan fingerprint density at radius 1 is 1.08 bits per heavy atom. The second-order valence-corrected chi connectivity index (χ2v) is 7.56. The quantitative estimate of drug-likeness (QED) is 0.615. The van der Waals surface area contributed by atoms with Crippen molar-refractivity contribution in [1.82, 2.24) is 15.3 Å². The third-order valence-corrected chi connectivity index (χ3v) is 5.18. The van der Waals surface area contributed by atoms with E-state index in [1.807, 2.05) is 24.3 Å². The molecule has 0 bridgehead atoms. The first kappa shape index (κ1) is 17.4. The van der Waals surface area contributed by atoms with Gasteiger partial charge in [0.2, 0.25) is 0 Å². The van der Waals surface area contributed by atoms with Gasteiger partial charge < -0.3 is 5.32 Å². The second-order valence-electron chi connectivity index (χ2n) is 7.12. The van der Waals surface area contributed by atoms with E-state index in [-0.39, 0.29) is 6.04 Å². The summed E-state index contributed by atoms with van der Waals surface area (Å²) >= 11 is 6.20. The van der Waals surface area contributed by atoms with Crippen LogP contribution in [0.3, 0.4) is 0 Å². The minimum atomic E-state index is 0.282. The minimum Gasteiger partial charge on any atom is -0.308 e. The van der Waals surface area contributed by atoms with Crippen molar-refractivity contribution in [2.75, 3.05) is 6.54 Å². The van der Waals surface area contributed by atoms with Gasteiger partial charge in [-0.05, 0) is 55.5 Å². The maximum atomic E-state index is 6.20. The molecule has 0 radical (unpaired) electrons. The van der Waals surface area contributed by atoms with Crippen LogP contribution in [0.1, 0.15) is 49.2 Å². The van der Waals surface area contributed by atoms with Gasteiger partial charge in [-0.1, -0.05) is 48.9 Å². The summed E-state index contributed by atoms with van der Waals surface area (Å²) in [5, 5.41) is 4.42. The van der Waals surface area contributed by atoms with E-state index in [2.05, 4.69) is 36.5 Å². The van der Waals surface area contributed by atoms with E-state index < -0.39 is 0 Å². The van der Waals surface area contributed by atoms with Crippen LogP contribution in [0.15, 0.2) is 48.5 Å². The van der Waals surface area contributed by atoms with E-state index in [9.17, 15) is 0 Å². The molecule has 1 heterocycles. The molecule has 26 heavy (non-hydrogen) atoms. The Balaban J connectivity index is 1.79. The number of halogens is 1. The van der Waals surface area contributed by atoms with Gasteiger partial charge in [0, 0.05) is 11.4 Å². The number of nitrogens with one attached hydrogen (secondary N) is 1. The number of rotatable bonds is 7. The maximum Gasteiger partial charge on any atom is 0.0905 e. The Hall–Kier alpha value is -1.97. The Labute approximate surface area is 159 Å². The van der Waals surface area contributed by atoms with Crippen molar-refractivity contribution in [3.05, 3.63) is 70.5 Å². The van der Waals surface area contributed by atoms with Crippen LogP contribution in [-0.2, 0) is 6.42 Å². The molecule has 4 heteroatoms. The van der Waals surface area contributed by atoms with E-state index >= 15 is 0 Å². The summed E-state index contributed by atoms with van der Waals surface area (Å²) in [5.41, 5.74) is 5.23. The third kappa shape index (κ3) is 3.89. The summed E-state index contributed by atoms with van der Waals surface area (Å²) in [5.74, 6) is 0.669. The Bertz CT molecular complexity index is 891. The average molecular weight is 366 g/mol. The van der Waals surface area contributed by atoms with Gasteiger partial charge in [-0.3, -0.25) is 0 Å². The molecule has 134 valence electrons. The van der Waals surface area contributed by atoms with Crippen LogP contribution >= 0.6 is 11.6 Å². The number of benzene rings is 2. The molecule has 1 N–H and O–H groups in total. The molecule has 1 saturated carbocycles. The predicted molar refractivity (Wildman–Crippen MR) is 108 cm³/mol. The normalized spacial score (nSPS) is 15.3. The molecule has 3 aromatic rings. The van der Waals surface area contributed by atoms with Gasteiger partial charge in [-0.25, -0.2) is 9.97 Å². The fourth-order valence-corrected chi connectivity index (χ4v) is 3.63. The highest BCUT2D eigenvalue weighted by Gasteiger charge is 2.34. The summed E-state index contributed by atoms with van der Waals surface area (Å²) in [6.45, 7) is 3.20. The lowest BCUT2D eigenvalue weighted by molar-refractivity contribution is 0.467. The highest BCUT2D eigenvalue weighted by atomic mass is 35.5. The van der Waals surface area contributed by atoms with Gasteiger partial charge in [0.1, 0.15) is 0 Å². The van der Waals surface area contributed by atoms with E-state index in [0.717, 1.165) is 41.8 Å². The molecule has 2 aromatic carbocycles. The molecule has 0 aliphatic heterocycles. The summed E-state index contributed by atoms with van der Waals surface area (Å²) in [6.07, 6.45) is 4.45. The zero-order chi connectivity index (χ0) is 17.9. The highest BCUT2D eigenvalue weighted by Crippen LogP contribution is 2.41. The second kappa shape index (κ2) is 7.73. The topological polar surface area (TPSA) is 37.8 Å². The summed E-state index contributed by atoms with van der Waals surface area (Å²) in [6, 6.07) is 16.6. The van der Waals surface area contributed by atoms with Gasteiger partial charge in [0.25, 0.3) is 0 Å². The highest BCUT2D eigenvalue weighted by molar-refractivity contribution is 6.31. The molecule has 1 aliphatic carbocycles. The molecule has 3 nitrogen and oxygen atoms in total. The molecule has 1 atom stereocenters. The lowest BCUT2D eigenvalue weighted by atomic mass is 10.0. The predicted octanol–water partition coefficient (Wildman–Crippen LogP) is 5.32. The van der Waals surface area contributed by atoms with Crippen molar-refractivity contribution in [2.24, 2.45) is 5.92 Å². The SMILES string of the molecule is CCCNC(c1nc2cc(Cl)ccc2nc1Cc1ccccc1)C1CC1. The van der Waals surface area contributed by atoms with Crippen LogP contribution in [0.25, 0.3) is 11.0 Å². The molecule has 0 amide bonds. The first-order chi connectivity index (χ1) is 12.7. The average Bonchev–Trinajstić information content (AvgIpc) is 3.48. The lowest BCUT2D eigenvalue weighted by Gasteiger charge is -2.21. The largest absolute Gasteiger partial charge is 0.308 e.